The molecule has 1 amide bonds. The molecule has 0 aliphatic carbocycles. The van der Waals surface area contributed by atoms with Crippen LogP contribution in [0.4, 0.5) is 0 Å². The SMILES string of the molecule is CC(CO)CNC(=O)CN1CCCNCC1. The van der Waals surface area contributed by atoms with E-state index in [1.807, 2.05) is 6.92 Å². The summed E-state index contributed by atoms with van der Waals surface area (Å²) < 4.78 is 0. The van der Waals surface area contributed by atoms with E-state index >= 15 is 0 Å². The lowest BCUT2D eigenvalue weighted by molar-refractivity contribution is -0.122. The molecule has 0 aromatic rings. The van der Waals surface area contributed by atoms with Gasteiger partial charge in [0, 0.05) is 26.2 Å². The van der Waals surface area contributed by atoms with Gasteiger partial charge in [-0.1, -0.05) is 6.92 Å². The van der Waals surface area contributed by atoms with Crippen molar-refractivity contribution in [3.8, 4) is 0 Å². The summed E-state index contributed by atoms with van der Waals surface area (Å²) in [6, 6.07) is 0. The predicted octanol–water partition coefficient (Wildman–Crippen LogP) is -0.974. The fourth-order valence-electron chi connectivity index (χ4n) is 1.67. The Balaban J connectivity index is 2.16. The van der Waals surface area contributed by atoms with Crippen molar-refractivity contribution in [2.45, 2.75) is 13.3 Å². The Morgan fingerprint density at radius 2 is 2.31 bits per heavy atom. The standard InChI is InChI=1S/C11H23N3O2/c1-10(9-15)7-13-11(16)8-14-5-2-3-12-4-6-14/h10,12,15H,2-9H2,1H3,(H,13,16). The number of hydrogen-bond acceptors (Lipinski definition) is 4. The largest absolute Gasteiger partial charge is 0.396 e. The van der Waals surface area contributed by atoms with Gasteiger partial charge in [-0.05, 0) is 25.4 Å². The highest BCUT2D eigenvalue weighted by Crippen LogP contribution is 1.95. The zero-order valence-electron chi connectivity index (χ0n) is 10.0. The average molecular weight is 229 g/mol. The quantitative estimate of drug-likeness (QED) is 0.567. The summed E-state index contributed by atoms with van der Waals surface area (Å²) in [7, 11) is 0. The van der Waals surface area contributed by atoms with Gasteiger partial charge in [-0.2, -0.15) is 0 Å². The van der Waals surface area contributed by atoms with Crippen molar-refractivity contribution in [2.24, 2.45) is 5.92 Å². The smallest absolute Gasteiger partial charge is 0.234 e. The molecule has 1 aliphatic heterocycles. The number of hydrogen-bond donors (Lipinski definition) is 3. The van der Waals surface area contributed by atoms with E-state index in [1.54, 1.807) is 0 Å². The molecule has 5 nitrogen and oxygen atoms in total. The summed E-state index contributed by atoms with van der Waals surface area (Å²) in [5.41, 5.74) is 0. The number of carbonyl (C=O) groups excluding carboxylic acids is 1. The van der Waals surface area contributed by atoms with Gasteiger partial charge >= 0.3 is 0 Å². The van der Waals surface area contributed by atoms with Crippen LogP contribution in [-0.2, 0) is 4.79 Å². The molecule has 3 N–H and O–H groups in total. The molecule has 1 atom stereocenters. The first-order chi connectivity index (χ1) is 7.72. The Morgan fingerprint density at radius 3 is 3.06 bits per heavy atom. The zero-order chi connectivity index (χ0) is 11.8. The number of aliphatic hydroxyl groups excluding tert-OH is 1. The van der Waals surface area contributed by atoms with E-state index in [-0.39, 0.29) is 18.4 Å². The Hall–Kier alpha value is -0.650. The van der Waals surface area contributed by atoms with Crippen LogP contribution in [0.2, 0.25) is 0 Å². The molecule has 0 spiro atoms. The van der Waals surface area contributed by atoms with Gasteiger partial charge in [0.25, 0.3) is 0 Å². The van der Waals surface area contributed by atoms with Crippen molar-refractivity contribution in [1.29, 1.82) is 0 Å². The minimum Gasteiger partial charge on any atom is -0.396 e. The van der Waals surface area contributed by atoms with Crippen molar-refractivity contribution < 1.29 is 9.90 Å². The Bertz CT molecular complexity index is 203. The number of rotatable bonds is 5. The third-order valence-electron chi connectivity index (χ3n) is 2.76. The first kappa shape index (κ1) is 13.4. The van der Waals surface area contributed by atoms with Gasteiger partial charge in [0.2, 0.25) is 5.91 Å². The van der Waals surface area contributed by atoms with E-state index in [4.69, 9.17) is 5.11 Å². The van der Waals surface area contributed by atoms with Gasteiger partial charge in [0.1, 0.15) is 0 Å². The lowest BCUT2D eigenvalue weighted by Crippen LogP contribution is -2.40. The van der Waals surface area contributed by atoms with Crippen molar-refractivity contribution >= 4 is 5.91 Å². The van der Waals surface area contributed by atoms with Gasteiger partial charge in [-0.3, -0.25) is 9.69 Å². The molecule has 1 saturated heterocycles. The number of amides is 1. The summed E-state index contributed by atoms with van der Waals surface area (Å²) in [4.78, 5) is 13.8. The summed E-state index contributed by atoms with van der Waals surface area (Å²) >= 11 is 0. The highest BCUT2D eigenvalue weighted by atomic mass is 16.3. The van der Waals surface area contributed by atoms with Gasteiger partial charge in [0.15, 0.2) is 0 Å². The van der Waals surface area contributed by atoms with E-state index in [0.29, 0.717) is 13.1 Å². The molecule has 1 fully saturated rings. The summed E-state index contributed by atoms with van der Waals surface area (Å²) in [6.45, 7) is 6.98. The highest BCUT2D eigenvalue weighted by Gasteiger charge is 2.12. The van der Waals surface area contributed by atoms with E-state index < -0.39 is 0 Å². The average Bonchev–Trinajstić information content (AvgIpc) is 2.54. The van der Waals surface area contributed by atoms with Crippen LogP contribution in [0.1, 0.15) is 13.3 Å². The summed E-state index contributed by atoms with van der Waals surface area (Å²) in [5.74, 6) is 0.192. The topological polar surface area (TPSA) is 64.6 Å². The van der Waals surface area contributed by atoms with Crippen LogP contribution < -0.4 is 10.6 Å². The van der Waals surface area contributed by atoms with Gasteiger partial charge < -0.3 is 15.7 Å². The maximum Gasteiger partial charge on any atom is 0.234 e. The van der Waals surface area contributed by atoms with Crippen LogP contribution in [0.5, 0.6) is 0 Å². The molecule has 0 saturated carbocycles. The molecule has 1 rings (SSSR count). The monoisotopic (exact) mass is 229 g/mol. The lowest BCUT2D eigenvalue weighted by atomic mass is 10.2. The molecule has 5 heteroatoms. The molecule has 1 unspecified atom stereocenters. The highest BCUT2D eigenvalue weighted by molar-refractivity contribution is 5.78. The minimum atomic E-state index is 0.0576. The number of nitrogens with zero attached hydrogens (tertiary/aromatic N) is 1. The first-order valence-corrected chi connectivity index (χ1v) is 6.03. The lowest BCUT2D eigenvalue weighted by Gasteiger charge is -2.19. The molecule has 0 bridgehead atoms. The second-order valence-electron chi connectivity index (χ2n) is 4.47. The van der Waals surface area contributed by atoms with Crippen molar-refractivity contribution in [2.75, 3.05) is 45.9 Å². The molecular formula is C11H23N3O2. The minimum absolute atomic E-state index is 0.0576. The molecule has 1 aliphatic rings. The van der Waals surface area contributed by atoms with Crippen LogP contribution in [-0.4, -0.2) is 61.8 Å². The third kappa shape index (κ3) is 5.44. The van der Waals surface area contributed by atoms with Crippen molar-refractivity contribution in [3.63, 3.8) is 0 Å². The van der Waals surface area contributed by atoms with Crippen LogP contribution >= 0.6 is 0 Å². The maximum absolute atomic E-state index is 11.6. The van der Waals surface area contributed by atoms with Crippen molar-refractivity contribution in [1.82, 2.24) is 15.5 Å². The number of carbonyl (C=O) groups is 1. The van der Waals surface area contributed by atoms with Gasteiger partial charge in [0.05, 0.1) is 6.54 Å². The van der Waals surface area contributed by atoms with Crippen LogP contribution in [0, 0.1) is 5.92 Å². The van der Waals surface area contributed by atoms with Crippen LogP contribution in [0.25, 0.3) is 0 Å². The zero-order valence-corrected chi connectivity index (χ0v) is 10.0. The predicted molar refractivity (Wildman–Crippen MR) is 63.2 cm³/mol. The number of nitrogens with one attached hydrogen (secondary N) is 2. The summed E-state index contributed by atoms with van der Waals surface area (Å²) in [6.07, 6.45) is 1.10. The molecule has 0 aromatic heterocycles. The Kier molecular flexibility index (Phi) is 6.37. The molecule has 0 aromatic carbocycles. The van der Waals surface area contributed by atoms with Crippen LogP contribution in [0.3, 0.4) is 0 Å². The third-order valence-corrected chi connectivity index (χ3v) is 2.76. The fourth-order valence-corrected chi connectivity index (χ4v) is 1.67. The number of aliphatic hydroxyl groups is 1. The second kappa shape index (κ2) is 7.60. The summed E-state index contributed by atoms with van der Waals surface area (Å²) in [5, 5.41) is 15.0. The maximum atomic E-state index is 11.6. The normalized spacial score (nSPS) is 20.1. The fraction of sp³-hybridized carbons (Fsp3) is 0.909. The molecule has 16 heavy (non-hydrogen) atoms. The van der Waals surface area contributed by atoms with E-state index in [0.717, 1.165) is 32.6 Å². The Labute approximate surface area is 97.2 Å². The van der Waals surface area contributed by atoms with E-state index in [1.165, 1.54) is 0 Å². The molecule has 1 heterocycles. The molecule has 0 radical (unpaired) electrons. The van der Waals surface area contributed by atoms with Gasteiger partial charge in [-0.25, -0.2) is 0 Å². The molecule has 94 valence electrons. The van der Waals surface area contributed by atoms with Crippen molar-refractivity contribution in [3.05, 3.63) is 0 Å². The Morgan fingerprint density at radius 1 is 1.50 bits per heavy atom. The second-order valence-corrected chi connectivity index (χ2v) is 4.47. The first-order valence-electron chi connectivity index (χ1n) is 6.03. The molecular weight excluding hydrogens is 206 g/mol. The van der Waals surface area contributed by atoms with Crippen LogP contribution in [0.15, 0.2) is 0 Å². The van der Waals surface area contributed by atoms with E-state index in [9.17, 15) is 4.79 Å². The van der Waals surface area contributed by atoms with Gasteiger partial charge in [-0.15, -0.1) is 0 Å². The van der Waals surface area contributed by atoms with E-state index in [2.05, 4.69) is 15.5 Å².